The van der Waals surface area contributed by atoms with E-state index >= 15 is 0 Å². The van der Waals surface area contributed by atoms with E-state index in [1.54, 1.807) is 0 Å². The molecule has 1 aromatic rings. The van der Waals surface area contributed by atoms with Crippen LogP contribution in [0.2, 0.25) is 0 Å². The molecule has 0 radical (unpaired) electrons. The van der Waals surface area contributed by atoms with E-state index in [4.69, 9.17) is 5.73 Å². The Kier molecular flexibility index (Phi) is 6.68. The molecule has 1 rings (SSSR count). The van der Waals surface area contributed by atoms with Gasteiger partial charge >= 0.3 is 0 Å². The van der Waals surface area contributed by atoms with Crippen molar-refractivity contribution in [3.63, 3.8) is 0 Å². The third-order valence-electron chi connectivity index (χ3n) is 2.87. The maximum Gasteiger partial charge on any atom is 0.0318 e. The summed E-state index contributed by atoms with van der Waals surface area (Å²) in [5.41, 5.74) is 7.95. The molecule has 0 aliphatic heterocycles. The number of benzene rings is 1. The van der Waals surface area contributed by atoms with Crippen molar-refractivity contribution >= 4 is 21.6 Å². The summed E-state index contributed by atoms with van der Waals surface area (Å²) in [7, 11) is 4.22. The molecule has 0 saturated heterocycles. The zero-order valence-corrected chi connectivity index (χ0v) is 13.2. The van der Waals surface area contributed by atoms with Gasteiger partial charge in [-0.3, -0.25) is 4.90 Å². The van der Waals surface area contributed by atoms with Gasteiger partial charge in [0.15, 0.2) is 0 Å². The molecule has 102 valence electrons. The van der Waals surface area contributed by atoms with Crippen LogP contribution < -0.4 is 5.73 Å². The van der Waals surface area contributed by atoms with E-state index in [1.807, 2.05) is 12.1 Å². The Morgan fingerprint density at radius 1 is 1.17 bits per heavy atom. The van der Waals surface area contributed by atoms with Crippen molar-refractivity contribution in [2.24, 2.45) is 0 Å². The van der Waals surface area contributed by atoms with Crippen LogP contribution in [0.4, 0.5) is 5.69 Å². The van der Waals surface area contributed by atoms with Crippen LogP contribution in [0, 0.1) is 0 Å². The molecule has 0 fully saturated rings. The second-order valence-corrected chi connectivity index (χ2v) is 5.78. The fraction of sp³-hybridized carbons (Fsp3) is 0.571. The number of anilines is 1. The van der Waals surface area contributed by atoms with Crippen LogP contribution in [0.5, 0.6) is 0 Å². The molecule has 0 heterocycles. The van der Waals surface area contributed by atoms with Crippen molar-refractivity contribution in [2.45, 2.75) is 19.9 Å². The fourth-order valence-corrected chi connectivity index (χ4v) is 2.26. The quantitative estimate of drug-likeness (QED) is 0.786. The molecule has 0 saturated carbocycles. The lowest BCUT2D eigenvalue weighted by Gasteiger charge is -2.24. The molecule has 0 atom stereocenters. The van der Waals surface area contributed by atoms with Crippen LogP contribution in [0.25, 0.3) is 0 Å². The zero-order valence-electron chi connectivity index (χ0n) is 11.6. The molecule has 18 heavy (non-hydrogen) atoms. The van der Waals surface area contributed by atoms with Gasteiger partial charge in [0.25, 0.3) is 0 Å². The Bertz CT molecular complexity index is 366. The van der Waals surface area contributed by atoms with Crippen molar-refractivity contribution in [3.05, 3.63) is 28.2 Å². The molecule has 4 heteroatoms. The Morgan fingerprint density at radius 3 is 2.50 bits per heavy atom. The summed E-state index contributed by atoms with van der Waals surface area (Å²) in [5.74, 6) is 0. The van der Waals surface area contributed by atoms with Crippen molar-refractivity contribution in [2.75, 3.05) is 39.5 Å². The van der Waals surface area contributed by atoms with E-state index in [9.17, 15) is 0 Å². The number of hydrogen-bond donors (Lipinski definition) is 1. The van der Waals surface area contributed by atoms with Crippen LogP contribution in [0.1, 0.15) is 18.9 Å². The van der Waals surface area contributed by atoms with E-state index in [0.29, 0.717) is 0 Å². The monoisotopic (exact) mass is 313 g/mol. The predicted octanol–water partition coefficient (Wildman–Crippen LogP) is 2.80. The summed E-state index contributed by atoms with van der Waals surface area (Å²) in [6.07, 6.45) is 1.17. The first-order chi connectivity index (χ1) is 8.52. The molecule has 0 aromatic heterocycles. The van der Waals surface area contributed by atoms with Gasteiger partial charge in [-0.05, 0) is 50.8 Å². The van der Waals surface area contributed by atoms with Gasteiger partial charge in [0.05, 0.1) is 0 Å². The van der Waals surface area contributed by atoms with E-state index in [0.717, 1.165) is 36.3 Å². The Morgan fingerprint density at radius 2 is 1.89 bits per heavy atom. The number of hydrogen-bond acceptors (Lipinski definition) is 3. The summed E-state index contributed by atoms with van der Waals surface area (Å²) in [6.45, 7) is 6.46. The maximum absolute atomic E-state index is 5.85. The predicted molar refractivity (Wildman–Crippen MR) is 82.7 cm³/mol. The first kappa shape index (κ1) is 15.5. The van der Waals surface area contributed by atoms with Crippen LogP contribution in [-0.2, 0) is 6.54 Å². The SMILES string of the molecule is CCCN(CCN(C)C)Cc1cc(N)ccc1Br. The summed E-state index contributed by atoms with van der Waals surface area (Å²) in [5, 5.41) is 0. The van der Waals surface area contributed by atoms with Crippen LogP contribution in [0.15, 0.2) is 22.7 Å². The molecule has 1 aromatic carbocycles. The van der Waals surface area contributed by atoms with Gasteiger partial charge in [-0.15, -0.1) is 0 Å². The highest BCUT2D eigenvalue weighted by atomic mass is 79.9. The highest BCUT2D eigenvalue weighted by molar-refractivity contribution is 9.10. The molecule has 0 aliphatic rings. The highest BCUT2D eigenvalue weighted by Crippen LogP contribution is 2.21. The molecule has 0 unspecified atom stereocenters. The van der Waals surface area contributed by atoms with E-state index in [1.165, 1.54) is 12.0 Å². The molecule has 0 bridgehead atoms. The molecule has 0 amide bonds. The lowest BCUT2D eigenvalue weighted by molar-refractivity contribution is 0.233. The van der Waals surface area contributed by atoms with E-state index in [2.05, 4.69) is 52.8 Å². The molecule has 3 nitrogen and oxygen atoms in total. The average molecular weight is 314 g/mol. The standard InChI is InChI=1S/C14H24BrN3/c1-4-7-18(9-8-17(2)3)11-12-10-13(16)5-6-14(12)15/h5-6,10H,4,7-9,11,16H2,1-3H3. The zero-order chi connectivity index (χ0) is 13.5. The van der Waals surface area contributed by atoms with Gasteiger partial charge in [0.2, 0.25) is 0 Å². The number of nitrogens with two attached hydrogens (primary N) is 1. The fourth-order valence-electron chi connectivity index (χ4n) is 1.88. The van der Waals surface area contributed by atoms with Gasteiger partial charge in [-0.2, -0.15) is 0 Å². The van der Waals surface area contributed by atoms with Crippen molar-refractivity contribution in [3.8, 4) is 0 Å². The number of halogens is 1. The average Bonchev–Trinajstić information content (AvgIpc) is 2.31. The van der Waals surface area contributed by atoms with Gasteiger partial charge in [-0.25, -0.2) is 0 Å². The summed E-state index contributed by atoms with van der Waals surface area (Å²) < 4.78 is 1.14. The molecule has 2 N–H and O–H groups in total. The Balaban J connectivity index is 2.66. The van der Waals surface area contributed by atoms with Crippen LogP contribution in [-0.4, -0.2) is 43.5 Å². The van der Waals surface area contributed by atoms with Gasteiger partial charge in [0.1, 0.15) is 0 Å². The number of nitrogens with zero attached hydrogens (tertiary/aromatic N) is 2. The Labute approximate surface area is 119 Å². The van der Waals surface area contributed by atoms with Crippen LogP contribution >= 0.6 is 15.9 Å². The summed E-state index contributed by atoms with van der Waals surface area (Å²) in [4.78, 5) is 4.69. The lowest BCUT2D eigenvalue weighted by Crippen LogP contribution is -2.32. The lowest BCUT2D eigenvalue weighted by atomic mass is 10.2. The van der Waals surface area contributed by atoms with Crippen molar-refractivity contribution in [1.82, 2.24) is 9.80 Å². The third-order valence-corrected chi connectivity index (χ3v) is 3.64. The topological polar surface area (TPSA) is 32.5 Å². The minimum absolute atomic E-state index is 0.831. The normalized spacial score (nSPS) is 11.4. The van der Waals surface area contributed by atoms with Crippen LogP contribution in [0.3, 0.4) is 0 Å². The largest absolute Gasteiger partial charge is 0.399 e. The van der Waals surface area contributed by atoms with E-state index in [-0.39, 0.29) is 0 Å². The minimum atomic E-state index is 0.831. The third kappa shape index (κ3) is 5.38. The smallest absolute Gasteiger partial charge is 0.0318 e. The number of likely N-dealkylation sites (N-methyl/N-ethyl adjacent to an activating group) is 1. The van der Waals surface area contributed by atoms with Gasteiger partial charge in [0, 0.05) is 29.8 Å². The Hall–Kier alpha value is -0.580. The molecular weight excluding hydrogens is 290 g/mol. The number of nitrogen functional groups attached to an aromatic ring is 1. The number of rotatable bonds is 7. The summed E-state index contributed by atoms with van der Waals surface area (Å²) in [6, 6.07) is 6.01. The highest BCUT2D eigenvalue weighted by Gasteiger charge is 2.08. The second kappa shape index (κ2) is 7.77. The van der Waals surface area contributed by atoms with E-state index < -0.39 is 0 Å². The minimum Gasteiger partial charge on any atom is -0.399 e. The van der Waals surface area contributed by atoms with Gasteiger partial charge < -0.3 is 10.6 Å². The molecule has 0 spiro atoms. The first-order valence-corrected chi connectivity index (χ1v) is 7.23. The van der Waals surface area contributed by atoms with Gasteiger partial charge in [-0.1, -0.05) is 22.9 Å². The van der Waals surface area contributed by atoms with Crippen molar-refractivity contribution in [1.29, 1.82) is 0 Å². The molecular formula is C14H24BrN3. The summed E-state index contributed by atoms with van der Waals surface area (Å²) >= 11 is 3.60. The maximum atomic E-state index is 5.85. The molecule has 0 aliphatic carbocycles. The first-order valence-electron chi connectivity index (χ1n) is 6.44. The van der Waals surface area contributed by atoms with Crippen molar-refractivity contribution < 1.29 is 0 Å². The second-order valence-electron chi connectivity index (χ2n) is 4.93.